The van der Waals surface area contributed by atoms with Crippen LogP contribution in [0.15, 0.2) is 57.9 Å². The van der Waals surface area contributed by atoms with Gasteiger partial charge in [-0.15, -0.1) is 0 Å². The molecule has 180 valence electrons. The van der Waals surface area contributed by atoms with Crippen LogP contribution in [0.4, 0.5) is 0 Å². The minimum Gasteiger partial charge on any atom is -0.463 e. The predicted molar refractivity (Wildman–Crippen MR) is 124 cm³/mol. The fraction of sp³-hybridized carbons (Fsp3) is 0.250. The molecule has 5 atom stereocenters. The topological polar surface area (TPSA) is 174 Å². The van der Waals surface area contributed by atoms with Crippen molar-refractivity contribution in [1.82, 2.24) is 15.0 Å². The summed E-state index contributed by atoms with van der Waals surface area (Å²) >= 11 is 0. The molecule has 4 heterocycles. The molecule has 35 heavy (non-hydrogen) atoms. The van der Waals surface area contributed by atoms with Gasteiger partial charge >= 0.3 is 0 Å². The molecule has 1 aliphatic rings. The van der Waals surface area contributed by atoms with Crippen LogP contribution in [0.5, 0.6) is 5.75 Å². The second-order valence-corrected chi connectivity index (χ2v) is 8.43. The van der Waals surface area contributed by atoms with Gasteiger partial charge in [-0.2, -0.15) is 0 Å². The molecule has 0 bridgehead atoms. The van der Waals surface area contributed by atoms with E-state index in [2.05, 4.69) is 15.0 Å². The van der Waals surface area contributed by atoms with Gasteiger partial charge in [0.25, 0.3) is 0 Å². The number of H-pyrrole nitrogens is 2. The molecule has 1 fully saturated rings. The molecule has 0 saturated carbocycles. The first-order valence-electron chi connectivity index (χ1n) is 10.9. The third-order valence-corrected chi connectivity index (χ3v) is 6.26. The van der Waals surface area contributed by atoms with Gasteiger partial charge in [-0.1, -0.05) is 18.2 Å². The van der Waals surface area contributed by atoms with E-state index in [0.29, 0.717) is 11.5 Å². The van der Waals surface area contributed by atoms with Crippen molar-refractivity contribution in [2.24, 2.45) is 0 Å². The fourth-order valence-electron chi connectivity index (χ4n) is 4.37. The van der Waals surface area contributed by atoms with Gasteiger partial charge in [0.05, 0.1) is 17.5 Å². The summed E-state index contributed by atoms with van der Waals surface area (Å²) in [4.78, 5) is 24.1. The number of para-hydroxylation sites is 1. The molecular formula is C24H21N3O8. The highest BCUT2D eigenvalue weighted by molar-refractivity contribution is 6.04. The van der Waals surface area contributed by atoms with Crippen molar-refractivity contribution in [2.75, 3.05) is 6.61 Å². The molecule has 2 aromatic carbocycles. The molecular weight excluding hydrogens is 458 g/mol. The number of hydrogen-bond donors (Lipinski definition) is 6. The number of aromatic nitrogens is 3. The highest BCUT2D eigenvalue weighted by Crippen LogP contribution is 2.29. The van der Waals surface area contributed by atoms with Crippen LogP contribution in [0.1, 0.15) is 0 Å². The summed E-state index contributed by atoms with van der Waals surface area (Å²) in [7, 11) is 0. The summed E-state index contributed by atoms with van der Waals surface area (Å²) in [5.41, 5.74) is 2.54. The molecule has 11 nitrogen and oxygen atoms in total. The lowest BCUT2D eigenvalue weighted by Gasteiger charge is -2.39. The van der Waals surface area contributed by atoms with Crippen molar-refractivity contribution >= 4 is 33.0 Å². The molecule has 0 aliphatic carbocycles. The van der Waals surface area contributed by atoms with Gasteiger partial charge in [0.2, 0.25) is 11.7 Å². The number of rotatable bonds is 4. The zero-order valence-corrected chi connectivity index (χ0v) is 18.1. The van der Waals surface area contributed by atoms with Crippen LogP contribution in [0, 0.1) is 0 Å². The third kappa shape index (κ3) is 3.49. The molecule has 5 aromatic rings. The molecule has 0 amide bonds. The number of imidazole rings is 1. The van der Waals surface area contributed by atoms with Gasteiger partial charge in [-0.05, 0) is 18.2 Å². The number of benzene rings is 2. The lowest BCUT2D eigenvalue weighted by molar-refractivity contribution is -0.277. The maximum Gasteiger partial charge on any atom is 0.229 e. The summed E-state index contributed by atoms with van der Waals surface area (Å²) in [6, 6.07) is 12.2. The largest absolute Gasteiger partial charge is 0.463 e. The van der Waals surface area contributed by atoms with E-state index in [9.17, 15) is 25.2 Å². The first-order valence-corrected chi connectivity index (χ1v) is 10.9. The molecule has 3 aromatic heterocycles. The number of ether oxygens (including phenoxy) is 2. The van der Waals surface area contributed by atoms with E-state index >= 15 is 0 Å². The summed E-state index contributed by atoms with van der Waals surface area (Å²) in [5.74, 6) is 0.560. The van der Waals surface area contributed by atoms with Crippen LogP contribution in [-0.2, 0) is 4.74 Å². The van der Waals surface area contributed by atoms with Crippen LogP contribution in [0.2, 0.25) is 0 Å². The molecule has 0 radical (unpaired) electrons. The van der Waals surface area contributed by atoms with Crippen LogP contribution in [0.25, 0.3) is 44.4 Å². The molecule has 1 saturated heterocycles. The minimum atomic E-state index is -1.57. The quantitative estimate of drug-likeness (QED) is 0.220. The third-order valence-electron chi connectivity index (χ3n) is 6.26. The summed E-state index contributed by atoms with van der Waals surface area (Å²) in [5, 5.41) is 40.6. The average molecular weight is 479 g/mol. The molecule has 0 unspecified atom stereocenters. The number of aromatic amines is 2. The Morgan fingerprint density at radius 1 is 1.00 bits per heavy atom. The monoisotopic (exact) mass is 479 g/mol. The van der Waals surface area contributed by atoms with Crippen LogP contribution in [0.3, 0.4) is 0 Å². The standard InChI is InChI=1S/C24H21N3O8/c28-8-16-19(30)20(31)21(32)24(35-16)34-10-5-6-12-15(7-10)33-9-13(18(12)29)22-26-17-11-3-1-2-4-14(11)25-23(17)27-22/h1-7,9,16,19-21,24-25,28,30-32H,8H2,(H,26,27)/t16-,19-,20+,21-,24-/m1/s1. The Labute approximate surface area is 196 Å². The van der Waals surface area contributed by atoms with Crippen molar-refractivity contribution < 1.29 is 34.3 Å². The number of aliphatic hydroxyl groups excluding tert-OH is 4. The second kappa shape index (κ2) is 8.18. The first-order chi connectivity index (χ1) is 16.9. The van der Waals surface area contributed by atoms with E-state index in [1.165, 1.54) is 24.5 Å². The van der Waals surface area contributed by atoms with Gasteiger partial charge in [-0.25, -0.2) is 4.98 Å². The van der Waals surface area contributed by atoms with Gasteiger partial charge in [0.15, 0.2) is 5.65 Å². The van der Waals surface area contributed by atoms with E-state index in [4.69, 9.17) is 13.9 Å². The van der Waals surface area contributed by atoms with E-state index in [-0.39, 0.29) is 27.7 Å². The number of fused-ring (bicyclic) bond motifs is 4. The summed E-state index contributed by atoms with van der Waals surface area (Å²) in [6.45, 7) is -0.572. The molecule has 1 aliphatic heterocycles. The van der Waals surface area contributed by atoms with Gasteiger partial charge < -0.3 is 44.3 Å². The highest BCUT2D eigenvalue weighted by Gasteiger charge is 2.44. The Morgan fingerprint density at radius 3 is 2.66 bits per heavy atom. The Morgan fingerprint density at radius 2 is 1.83 bits per heavy atom. The van der Waals surface area contributed by atoms with E-state index in [1.54, 1.807) is 0 Å². The van der Waals surface area contributed by atoms with Gasteiger partial charge in [-0.3, -0.25) is 4.79 Å². The maximum atomic E-state index is 13.2. The predicted octanol–water partition coefficient (Wildman–Crippen LogP) is 0.996. The first kappa shape index (κ1) is 21.8. The number of nitrogens with one attached hydrogen (secondary N) is 2. The Hall–Kier alpha value is -3.74. The highest BCUT2D eigenvalue weighted by atomic mass is 16.7. The van der Waals surface area contributed by atoms with Gasteiger partial charge in [0, 0.05) is 17.0 Å². The van der Waals surface area contributed by atoms with Crippen LogP contribution < -0.4 is 10.2 Å². The second-order valence-electron chi connectivity index (χ2n) is 8.43. The average Bonchev–Trinajstić information content (AvgIpc) is 3.43. The Balaban J connectivity index is 1.32. The lowest BCUT2D eigenvalue weighted by atomic mass is 9.99. The maximum absolute atomic E-state index is 13.2. The molecule has 0 spiro atoms. The van der Waals surface area contributed by atoms with Crippen molar-refractivity contribution in [2.45, 2.75) is 30.7 Å². The summed E-state index contributed by atoms with van der Waals surface area (Å²) < 4.78 is 16.7. The van der Waals surface area contributed by atoms with Crippen molar-refractivity contribution in [3.05, 3.63) is 59.0 Å². The van der Waals surface area contributed by atoms with E-state index < -0.39 is 37.3 Å². The zero-order chi connectivity index (χ0) is 24.3. The van der Waals surface area contributed by atoms with E-state index in [1.807, 2.05) is 24.3 Å². The lowest BCUT2D eigenvalue weighted by Crippen LogP contribution is -2.60. The zero-order valence-electron chi connectivity index (χ0n) is 18.1. The number of aliphatic hydroxyl groups is 4. The fourth-order valence-corrected chi connectivity index (χ4v) is 4.37. The van der Waals surface area contributed by atoms with Crippen molar-refractivity contribution in [3.63, 3.8) is 0 Å². The minimum absolute atomic E-state index is 0.190. The van der Waals surface area contributed by atoms with E-state index in [0.717, 1.165) is 16.4 Å². The molecule has 11 heteroatoms. The number of hydrogen-bond acceptors (Lipinski definition) is 9. The number of nitrogens with zero attached hydrogens (tertiary/aromatic N) is 1. The summed E-state index contributed by atoms with van der Waals surface area (Å²) in [6.07, 6.45) is -5.76. The molecule has 6 rings (SSSR count). The normalized spacial score (nSPS) is 25.0. The smallest absolute Gasteiger partial charge is 0.229 e. The Bertz CT molecular complexity index is 1600. The van der Waals surface area contributed by atoms with Crippen LogP contribution >= 0.6 is 0 Å². The van der Waals surface area contributed by atoms with Crippen molar-refractivity contribution in [3.8, 4) is 17.1 Å². The Kier molecular flexibility index (Phi) is 5.09. The van der Waals surface area contributed by atoms with Gasteiger partial charge in [0.1, 0.15) is 53.4 Å². The van der Waals surface area contributed by atoms with Crippen molar-refractivity contribution in [1.29, 1.82) is 0 Å². The SMILES string of the molecule is O=c1c(-c2nc3[nH]c4ccccc4c3[nH]2)coc2cc(O[C@@H]3O[C@H](CO)[C@@H](O)[C@H](O)[C@H]3O)ccc12. The van der Waals surface area contributed by atoms with Crippen LogP contribution in [-0.4, -0.2) is 72.7 Å². The molecule has 6 N–H and O–H groups in total.